The van der Waals surface area contributed by atoms with Gasteiger partial charge in [0.25, 0.3) is 5.56 Å². The lowest BCUT2D eigenvalue weighted by Crippen LogP contribution is -2.47. The number of aryl methyl sites for hydroxylation is 2. The summed E-state index contributed by atoms with van der Waals surface area (Å²) >= 11 is 0. The van der Waals surface area contributed by atoms with E-state index < -0.39 is 0 Å². The van der Waals surface area contributed by atoms with E-state index in [4.69, 9.17) is 0 Å². The summed E-state index contributed by atoms with van der Waals surface area (Å²) in [7, 11) is 1.67. The Labute approximate surface area is 144 Å². The van der Waals surface area contributed by atoms with Gasteiger partial charge in [-0.15, -0.1) is 0 Å². The monoisotopic (exact) mass is 337 g/mol. The molecule has 0 aromatic carbocycles. The molecule has 1 saturated heterocycles. The maximum atomic E-state index is 11.5. The number of nitrogens with zero attached hydrogens (tertiary/aromatic N) is 7. The lowest BCUT2D eigenvalue weighted by molar-refractivity contribution is 0.620. The van der Waals surface area contributed by atoms with Crippen molar-refractivity contribution in [1.29, 1.82) is 0 Å². The topological polar surface area (TPSA) is 80.0 Å². The standard InChI is InChI=1S/C17H19N7O/c1-12-19-14-11-18-6-5-13(14)17(20-12)24-9-7-23(8-10-24)15-3-4-16(25)22(2)21-15/h3-6,11H,7-10H2,1-2H3. The minimum Gasteiger partial charge on any atom is -0.352 e. The molecule has 8 heteroatoms. The predicted molar refractivity (Wildman–Crippen MR) is 96.0 cm³/mol. The van der Waals surface area contributed by atoms with Crippen LogP contribution < -0.4 is 15.4 Å². The normalized spacial score (nSPS) is 15.0. The fourth-order valence-electron chi connectivity index (χ4n) is 3.12. The Morgan fingerprint density at radius 2 is 1.76 bits per heavy atom. The number of piperazine rings is 1. The van der Waals surface area contributed by atoms with Crippen molar-refractivity contribution < 1.29 is 0 Å². The molecule has 25 heavy (non-hydrogen) atoms. The van der Waals surface area contributed by atoms with Crippen molar-refractivity contribution in [2.45, 2.75) is 6.92 Å². The molecule has 0 unspecified atom stereocenters. The molecule has 128 valence electrons. The summed E-state index contributed by atoms with van der Waals surface area (Å²) < 4.78 is 1.37. The molecular weight excluding hydrogens is 318 g/mol. The van der Waals surface area contributed by atoms with Crippen molar-refractivity contribution in [3.63, 3.8) is 0 Å². The first-order chi connectivity index (χ1) is 12.1. The third-order valence-electron chi connectivity index (χ3n) is 4.44. The van der Waals surface area contributed by atoms with Gasteiger partial charge in [-0.1, -0.05) is 0 Å². The molecule has 1 aliphatic heterocycles. The molecule has 0 spiro atoms. The van der Waals surface area contributed by atoms with Crippen LogP contribution in [0.4, 0.5) is 11.6 Å². The van der Waals surface area contributed by atoms with Gasteiger partial charge in [0.2, 0.25) is 0 Å². The molecular formula is C17H19N7O. The third kappa shape index (κ3) is 2.90. The van der Waals surface area contributed by atoms with Crippen LogP contribution >= 0.6 is 0 Å². The van der Waals surface area contributed by atoms with Crippen LogP contribution in [0, 0.1) is 6.92 Å². The largest absolute Gasteiger partial charge is 0.352 e. The van der Waals surface area contributed by atoms with E-state index in [-0.39, 0.29) is 5.56 Å². The fraction of sp³-hybridized carbons (Fsp3) is 0.353. The number of pyridine rings is 1. The van der Waals surface area contributed by atoms with E-state index in [0.717, 1.165) is 54.5 Å². The number of hydrogen-bond acceptors (Lipinski definition) is 7. The minimum atomic E-state index is -0.0982. The molecule has 0 N–H and O–H groups in total. The first-order valence-electron chi connectivity index (χ1n) is 8.24. The molecule has 0 aliphatic carbocycles. The van der Waals surface area contributed by atoms with Gasteiger partial charge in [-0.2, -0.15) is 5.10 Å². The molecule has 4 rings (SSSR count). The maximum Gasteiger partial charge on any atom is 0.266 e. The highest BCUT2D eigenvalue weighted by Gasteiger charge is 2.21. The highest BCUT2D eigenvalue weighted by molar-refractivity contribution is 5.88. The van der Waals surface area contributed by atoms with Crippen molar-refractivity contribution in [3.05, 3.63) is 46.8 Å². The second kappa shape index (κ2) is 6.12. The smallest absolute Gasteiger partial charge is 0.266 e. The zero-order valence-corrected chi connectivity index (χ0v) is 14.3. The number of aromatic nitrogens is 5. The van der Waals surface area contributed by atoms with Gasteiger partial charge in [0.05, 0.1) is 11.7 Å². The summed E-state index contributed by atoms with van der Waals surface area (Å²) in [5.74, 6) is 2.53. The summed E-state index contributed by atoms with van der Waals surface area (Å²) in [5.41, 5.74) is 0.770. The second-order valence-electron chi connectivity index (χ2n) is 6.11. The molecule has 4 heterocycles. The van der Waals surface area contributed by atoms with Crippen LogP contribution in [0.1, 0.15) is 5.82 Å². The van der Waals surface area contributed by atoms with Gasteiger partial charge < -0.3 is 9.80 Å². The molecule has 1 fully saturated rings. The number of hydrogen-bond donors (Lipinski definition) is 0. The average Bonchev–Trinajstić information content (AvgIpc) is 2.63. The lowest BCUT2D eigenvalue weighted by Gasteiger charge is -2.36. The first-order valence-corrected chi connectivity index (χ1v) is 8.24. The molecule has 0 radical (unpaired) electrons. The quantitative estimate of drug-likeness (QED) is 0.683. The molecule has 0 saturated carbocycles. The van der Waals surface area contributed by atoms with Gasteiger partial charge >= 0.3 is 0 Å². The van der Waals surface area contributed by atoms with Crippen LogP contribution in [-0.4, -0.2) is 50.9 Å². The first kappa shape index (κ1) is 15.5. The van der Waals surface area contributed by atoms with E-state index in [2.05, 4.69) is 29.9 Å². The third-order valence-corrected chi connectivity index (χ3v) is 4.44. The van der Waals surface area contributed by atoms with E-state index in [9.17, 15) is 4.79 Å². The highest BCUT2D eigenvalue weighted by atomic mass is 16.1. The molecule has 3 aromatic rings. The maximum absolute atomic E-state index is 11.5. The number of fused-ring (bicyclic) bond motifs is 1. The summed E-state index contributed by atoms with van der Waals surface area (Å²) in [5, 5.41) is 5.36. The van der Waals surface area contributed by atoms with Gasteiger partial charge in [0, 0.05) is 50.9 Å². The Morgan fingerprint density at radius 1 is 1.00 bits per heavy atom. The van der Waals surface area contributed by atoms with Crippen molar-refractivity contribution in [2.75, 3.05) is 36.0 Å². The molecule has 0 bridgehead atoms. The van der Waals surface area contributed by atoms with Crippen molar-refractivity contribution in [3.8, 4) is 0 Å². The Morgan fingerprint density at radius 3 is 2.52 bits per heavy atom. The number of rotatable bonds is 2. The number of anilines is 2. The summed E-state index contributed by atoms with van der Waals surface area (Å²) in [6, 6.07) is 5.31. The van der Waals surface area contributed by atoms with Crippen LogP contribution in [-0.2, 0) is 7.05 Å². The summed E-state index contributed by atoms with van der Waals surface area (Å²) in [6.07, 6.45) is 3.55. The fourth-order valence-corrected chi connectivity index (χ4v) is 3.12. The molecule has 1 aliphatic rings. The van der Waals surface area contributed by atoms with Crippen molar-refractivity contribution in [1.82, 2.24) is 24.7 Å². The van der Waals surface area contributed by atoms with Gasteiger partial charge in [-0.3, -0.25) is 9.78 Å². The zero-order valence-electron chi connectivity index (χ0n) is 14.3. The van der Waals surface area contributed by atoms with Crippen LogP contribution in [0.3, 0.4) is 0 Å². The van der Waals surface area contributed by atoms with E-state index >= 15 is 0 Å². The predicted octanol–water partition coefficient (Wildman–Crippen LogP) is 0.754. The van der Waals surface area contributed by atoms with Crippen LogP contribution in [0.5, 0.6) is 0 Å². The Balaban J connectivity index is 1.58. The van der Waals surface area contributed by atoms with E-state index in [0.29, 0.717) is 0 Å². The second-order valence-corrected chi connectivity index (χ2v) is 6.11. The van der Waals surface area contributed by atoms with E-state index in [1.165, 1.54) is 4.68 Å². The van der Waals surface area contributed by atoms with Crippen LogP contribution in [0.2, 0.25) is 0 Å². The Hall–Kier alpha value is -3.03. The zero-order chi connectivity index (χ0) is 17.4. The SMILES string of the molecule is Cc1nc(N2CCN(c3ccc(=O)n(C)n3)CC2)c2ccncc2n1. The summed E-state index contributed by atoms with van der Waals surface area (Å²) in [4.78, 5) is 29.2. The lowest BCUT2D eigenvalue weighted by atomic mass is 10.2. The molecule has 3 aromatic heterocycles. The Bertz CT molecular complexity index is 976. The van der Waals surface area contributed by atoms with Gasteiger partial charge in [-0.05, 0) is 19.1 Å². The van der Waals surface area contributed by atoms with Crippen LogP contribution in [0.15, 0.2) is 35.4 Å². The van der Waals surface area contributed by atoms with Gasteiger partial charge in [0.15, 0.2) is 0 Å². The Kier molecular flexibility index (Phi) is 3.79. The van der Waals surface area contributed by atoms with Crippen molar-refractivity contribution >= 4 is 22.5 Å². The molecule has 0 amide bonds. The van der Waals surface area contributed by atoms with Crippen molar-refractivity contribution in [2.24, 2.45) is 7.05 Å². The van der Waals surface area contributed by atoms with Gasteiger partial charge in [-0.25, -0.2) is 14.6 Å². The average molecular weight is 337 g/mol. The summed E-state index contributed by atoms with van der Waals surface area (Å²) in [6.45, 7) is 5.21. The minimum absolute atomic E-state index is 0.0982. The van der Waals surface area contributed by atoms with Crippen LogP contribution in [0.25, 0.3) is 10.9 Å². The highest BCUT2D eigenvalue weighted by Crippen LogP contribution is 2.24. The molecule has 0 atom stereocenters. The van der Waals surface area contributed by atoms with Gasteiger partial charge in [0.1, 0.15) is 17.5 Å². The van der Waals surface area contributed by atoms with E-state index in [1.807, 2.05) is 13.0 Å². The molecule has 8 nitrogen and oxygen atoms in total. The van der Waals surface area contributed by atoms with E-state index in [1.54, 1.807) is 31.6 Å².